The van der Waals surface area contributed by atoms with Gasteiger partial charge in [0.2, 0.25) is 0 Å². The first-order valence-electron chi connectivity index (χ1n) is 9.58. The molecule has 3 aromatic rings. The van der Waals surface area contributed by atoms with Crippen LogP contribution in [0, 0.1) is 10.1 Å². The summed E-state index contributed by atoms with van der Waals surface area (Å²) in [5.41, 5.74) is 1.73. The Labute approximate surface area is 188 Å². The molecule has 3 rings (SSSR count). The van der Waals surface area contributed by atoms with Crippen molar-refractivity contribution in [2.45, 2.75) is 0 Å². The molecule has 0 saturated heterocycles. The summed E-state index contributed by atoms with van der Waals surface area (Å²) in [4.78, 5) is 48.0. The van der Waals surface area contributed by atoms with Gasteiger partial charge < -0.3 is 18.8 Å². The molecule has 1 aromatic heterocycles. The fourth-order valence-electron chi connectivity index (χ4n) is 3.56. The van der Waals surface area contributed by atoms with Crippen molar-refractivity contribution in [2.24, 2.45) is 7.05 Å². The van der Waals surface area contributed by atoms with Gasteiger partial charge in [0.1, 0.15) is 16.8 Å². The van der Waals surface area contributed by atoms with Crippen LogP contribution in [0.15, 0.2) is 48.5 Å². The zero-order valence-electron chi connectivity index (χ0n) is 18.3. The summed E-state index contributed by atoms with van der Waals surface area (Å²) < 4.78 is 15.9. The lowest BCUT2D eigenvalue weighted by molar-refractivity contribution is -0.384. The molecule has 10 heteroatoms. The molecule has 33 heavy (non-hydrogen) atoms. The van der Waals surface area contributed by atoms with E-state index in [1.54, 1.807) is 36.4 Å². The lowest BCUT2D eigenvalue weighted by Crippen LogP contribution is -2.16. The summed E-state index contributed by atoms with van der Waals surface area (Å²) in [5, 5.41) is 10.9. The van der Waals surface area contributed by atoms with Crippen LogP contribution in [-0.2, 0) is 21.3 Å². The third-order valence-corrected chi connectivity index (χ3v) is 5.12. The SMILES string of the molecule is COC(=O)c1c(C(=O)OC)c(-c2ccc(-c3ccc([N+](=O)[O-])cc3)cc2)n(C)c1C(=O)OC. The van der Waals surface area contributed by atoms with Crippen molar-refractivity contribution >= 4 is 23.6 Å². The second-order valence-corrected chi connectivity index (χ2v) is 6.86. The largest absolute Gasteiger partial charge is 0.465 e. The Kier molecular flexibility index (Phi) is 6.57. The molecule has 0 saturated carbocycles. The number of carbonyl (C=O) groups excluding carboxylic acids is 3. The van der Waals surface area contributed by atoms with Crippen LogP contribution in [0.4, 0.5) is 5.69 Å². The maximum absolute atomic E-state index is 12.7. The molecule has 1 heterocycles. The van der Waals surface area contributed by atoms with Gasteiger partial charge in [0.25, 0.3) is 5.69 Å². The van der Waals surface area contributed by atoms with Crippen molar-refractivity contribution in [2.75, 3.05) is 21.3 Å². The average Bonchev–Trinajstić information content (AvgIpc) is 3.15. The van der Waals surface area contributed by atoms with Gasteiger partial charge in [0.05, 0.1) is 31.9 Å². The average molecular weight is 452 g/mol. The van der Waals surface area contributed by atoms with Gasteiger partial charge in [-0.05, 0) is 28.8 Å². The second-order valence-electron chi connectivity index (χ2n) is 6.86. The summed E-state index contributed by atoms with van der Waals surface area (Å²) in [6, 6.07) is 12.9. The molecule has 0 aliphatic carbocycles. The van der Waals surface area contributed by atoms with Crippen LogP contribution in [0.2, 0.25) is 0 Å². The predicted octanol–water partition coefficient (Wildman–Crippen LogP) is 3.63. The van der Waals surface area contributed by atoms with E-state index < -0.39 is 22.8 Å². The molecule has 170 valence electrons. The van der Waals surface area contributed by atoms with Gasteiger partial charge in [-0.15, -0.1) is 0 Å². The number of nitrogens with zero attached hydrogens (tertiary/aromatic N) is 2. The molecular weight excluding hydrogens is 432 g/mol. The molecule has 2 aromatic carbocycles. The number of hydrogen-bond donors (Lipinski definition) is 0. The van der Waals surface area contributed by atoms with E-state index in [-0.39, 0.29) is 28.2 Å². The minimum Gasteiger partial charge on any atom is -0.465 e. The van der Waals surface area contributed by atoms with Crippen molar-refractivity contribution in [3.63, 3.8) is 0 Å². The number of non-ortho nitro benzene ring substituents is 1. The monoisotopic (exact) mass is 452 g/mol. The van der Waals surface area contributed by atoms with Gasteiger partial charge in [0.15, 0.2) is 0 Å². The molecule has 0 N–H and O–H groups in total. The van der Waals surface area contributed by atoms with E-state index in [1.807, 2.05) is 0 Å². The topological polar surface area (TPSA) is 127 Å². The van der Waals surface area contributed by atoms with Crippen LogP contribution in [-0.4, -0.2) is 48.7 Å². The second kappa shape index (κ2) is 9.35. The van der Waals surface area contributed by atoms with Crippen molar-refractivity contribution in [1.29, 1.82) is 0 Å². The van der Waals surface area contributed by atoms with Crippen LogP contribution in [0.5, 0.6) is 0 Å². The smallest absolute Gasteiger partial charge is 0.355 e. The van der Waals surface area contributed by atoms with E-state index in [9.17, 15) is 24.5 Å². The Morgan fingerprint density at radius 3 is 1.61 bits per heavy atom. The Bertz CT molecular complexity index is 1240. The van der Waals surface area contributed by atoms with Crippen LogP contribution < -0.4 is 0 Å². The van der Waals surface area contributed by atoms with Crippen molar-refractivity contribution in [3.8, 4) is 22.4 Å². The number of nitro groups is 1. The fraction of sp³-hybridized carbons (Fsp3) is 0.174. The van der Waals surface area contributed by atoms with Crippen molar-refractivity contribution in [3.05, 3.63) is 75.5 Å². The minimum absolute atomic E-state index is 0.0208. The summed E-state index contributed by atoms with van der Waals surface area (Å²) in [6.07, 6.45) is 0. The first kappa shape index (κ1) is 23.2. The molecule has 0 fully saturated rings. The highest BCUT2D eigenvalue weighted by molar-refractivity contribution is 6.13. The lowest BCUT2D eigenvalue weighted by Gasteiger charge is -2.09. The first-order chi connectivity index (χ1) is 15.7. The van der Waals surface area contributed by atoms with E-state index >= 15 is 0 Å². The number of methoxy groups -OCH3 is 3. The van der Waals surface area contributed by atoms with Crippen LogP contribution >= 0.6 is 0 Å². The quantitative estimate of drug-likeness (QED) is 0.240. The molecule has 0 atom stereocenters. The first-order valence-corrected chi connectivity index (χ1v) is 9.58. The Morgan fingerprint density at radius 1 is 0.727 bits per heavy atom. The summed E-state index contributed by atoms with van der Waals surface area (Å²) in [6.45, 7) is 0. The van der Waals surface area contributed by atoms with E-state index in [2.05, 4.69) is 0 Å². The molecule has 0 bridgehead atoms. The summed E-state index contributed by atoms with van der Waals surface area (Å²) >= 11 is 0. The van der Waals surface area contributed by atoms with Gasteiger partial charge in [-0.2, -0.15) is 0 Å². The normalized spacial score (nSPS) is 10.4. The molecule has 0 unspecified atom stereocenters. The Morgan fingerprint density at radius 2 is 1.15 bits per heavy atom. The number of nitro benzene ring substituents is 1. The number of esters is 3. The van der Waals surface area contributed by atoms with E-state index in [4.69, 9.17) is 14.2 Å². The zero-order chi connectivity index (χ0) is 24.3. The Balaban J connectivity index is 2.18. The van der Waals surface area contributed by atoms with E-state index in [0.29, 0.717) is 5.56 Å². The number of carbonyl (C=O) groups is 3. The molecule has 0 aliphatic rings. The molecule has 0 spiro atoms. The minimum atomic E-state index is -0.889. The van der Waals surface area contributed by atoms with Crippen molar-refractivity contribution in [1.82, 2.24) is 4.57 Å². The third-order valence-electron chi connectivity index (χ3n) is 5.12. The number of aromatic nitrogens is 1. The summed E-state index contributed by atoms with van der Waals surface area (Å²) in [7, 11) is 4.98. The van der Waals surface area contributed by atoms with Gasteiger partial charge in [-0.3, -0.25) is 10.1 Å². The number of benzene rings is 2. The maximum atomic E-state index is 12.7. The fourth-order valence-corrected chi connectivity index (χ4v) is 3.56. The molecule has 0 radical (unpaired) electrons. The van der Waals surface area contributed by atoms with Crippen LogP contribution in [0.3, 0.4) is 0 Å². The maximum Gasteiger partial charge on any atom is 0.355 e. The highest BCUT2D eigenvalue weighted by Gasteiger charge is 2.35. The number of ether oxygens (including phenoxy) is 3. The van der Waals surface area contributed by atoms with Crippen LogP contribution in [0.25, 0.3) is 22.4 Å². The number of rotatable bonds is 6. The van der Waals surface area contributed by atoms with Gasteiger partial charge in [-0.25, -0.2) is 14.4 Å². The van der Waals surface area contributed by atoms with Crippen molar-refractivity contribution < 1.29 is 33.5 Å². The zero-order valence-corrected chi connectivity index (χ0v) is 18.3. The highest BCUT2D eigenvalue weighted by Crippen LogP contribution is 2.34. The molecular formula is C23H20N2O8. The predicted molar refractivity (Wildman–Crippen MR) is 117 cm³/mol. The Hall–Kier alpha value is -4.47. The van der Waals surface area contributed by atoms with E-state index in [1.165, 1.54) is 23.7 Å². The van der Waals surface area contributed by atoms with Gasteiger partial charge in [0, 0.05) is 19.2 Å². The standard InChI is InChI=1S/C23H20N2O8/c1-24-19(17(21(26)31-2)18(22(27)32-3)20(24)23(28)33-4)15-7-5-13(6-8-15)14-9-11-16(12-10-14)25(29)30/h5-12H,1-4H3. The highest BCUT2D eigenvalue weighted by atomic mass is 16.6. The lowest BCUT2D eigenvalue weighted by atomic mass is 10.00. The van der Waals surface area contributed by atoms with Gasteiger partial charge >= 0.3 is 17.9 Å². The number of hydrogen-bond acceptors (Lipinski definition) is 8. The molecule has 10 nitrogen and oxygen atoms in total. The molecule has 0 amide bonds. The van der Waals surface area contributed by atoms with E-state index in [0.717, 1.165) is 32.5 Å². The summed E-state index contributed by atoms with van der Waals surface area (Å²) in [5.74, 6) is -2.53. The molecule has 0 aliphatic heterocycles. The third kappa shape index (κ3) is 4.18. The van der Waals surface area contributed by atoms with Crippen LogP contribution in [0.1, 0.15) is 31.2 Å². The van der Waals surface area contributed by atoms with Gasteiger partial charge in [-0.1, -0.05) is 24.3 Å².